The third-order valence-corrected chi connectivity index (χ3v) is 3.59. The first-order chi connectivity index (χ1) is 12.1. The van der Waals surface area contributed by atoms with E-state index in [0.29, 0.717) is 5.56 Å². The fourth-order valence-electron chi connectivity index (χ4n) is 2.24. The highest BCUT2D eigenvalue weighted by Crippen LogP contribution is 2.14. The Kier molecular flexibility index (Phi) is 7.53. The van der Waals surface area contributed by atoms with E-state index in [1.165, 1.54) is 0 Å². The van der Waals surface area contributed by atoms with Gasteiger partial charge in [0.1, 0.15) is 18.8 Å². The number of rotatable bonds is 9. The summed E-state index contributed by atoms with van der Waals surface area (Å²) in [5.74, 6) is -0.624. The molecule has 0 saturated carbocycles. The number of hydrogen-bond acceptors (Lipinski definition) is 5. The molecule has 3 atom stereocenters. The predicted octanol–water partition coefficient (Wildman–Crippen LogP) is 2.12. The number of ether oxygens (including phenoxy) is 2. The Bertz CT molecular complexity index is 635. The first-order valence-electron chi connectivity index (χ1n) is 7.92. The van der Waals surface area contributed by atoms with Crippen molar-refractivity contribution in [3.63, 3.8) is 0 Å². The van der Waals surface area contributed by atoms with Gasteiger partial charge in [-0.05, 0) is 17.7 Å². The van der Waals surface area contributed by atoms with E-state index in [4.69, 9.17) is 14.6 Å². The minimum absolute atomic E-state index is 0.0651. The molecular formula is C19H21FO5. The lowest BCUT2D eigenvalue weighted by Gasteiger charge is -2.25. The number of esters is 1. The van der Waals surface area contributed by atoms with E-state index in [9.17, 15) is 14.3 Å². The first kappa shape index (κ1) is 19.1. The second-order valence-electron chi connectivity index (χ2n) is 5.49. The van der Waals surface area contributed by atoms with Crippen LogP contribution in [0.2, 0.25) is 0 Å². The summed E-state index contributed by atoms with van der Waals surface area (Å²) in [6.07, 6.45) is -4.51. The van der Waals surface area contributed by atoms with E-state index < -0.39 is 37.6 Å². The average molecular weight is 348 g/mol. The van der Waals surface area contributed by atoms with Crippen molar-refractivity contribution in [2.24, 2.45) is 0 Å². The average Bonchev–Trinajstić information content (AvgIpc) is 2.67. The highest BCUT2D eigenvalue weighted by Gasteiger charge is 2.30. The van der Waals surface area contributed by atoms with Gasteiger partial charge in [0.15, 0.2) is 6.17 Å². The van der Waals surface area contributed by atoms with Crippen LogP contribution < -0.4 is 0 Å². The molecule has 0 spiro atoms. The number of aliphatic hydroxyl groups is 2. The Morgan fingerprint density at radius 1 is 1.04 bits per heavy atom. The summed E-state index contributed by atoms with van der Waals surface area (Å²) in [7, 11) is 0. The number of aliphatic hydroxyl groups excluding tert-OH is 2. The largest absolute Gasteiger partial charge is 0.459 e. The quantitative estimate of drug-likeness (QED) is 0.679. The van der Waals surface area contributed by atoms with E-state index >= 15 is 0 Å². The second kappa shape index (κ2) is 9.88. The van der Waals surface area contributed by atoms with Gasteiger partial charge in [-0.15, -0.1) is 0 Å². The topological polar surface area (TPSA) is 76.0 Å². The van der Waals surface area contributed by atoms with Gasteiger partial charge in [-0.2, -0.15) is 0 Å². The Hall–Kier alpha value is -2.28. The van der Waals surface area contributed by atoms with Crippen LogP contribution in [0.15, 0.2) is 60.7 Å². The molecule has 0 radical (unpaired) electrons. The van der Waals surface area contributed by atoms with Gasteiger partial charge in [0.2, 0.25) is 0 Å². The molecular weight excluding hydrogens is 327 g/mol. The third-order valence-electron chi connectivity index (χ3n) is 3.59. The molecule has 0 fully saturated rings. The van der Waals surface area contributed by atoms with E-state index in [-0.39, 0.29) is 6.61 Å². The number of hydrogen-bond donors (Lipinski definition) is 2. The van der Waals surface area contributed by atoms with E-state index in [1.807, 2.05) is 18.2 Å². The lowest BCUT2D eigenvalue weighted by atomic mass is 10.1. The molecule has 0 aliphatic carbocycles. The molecule has 2 aromatic rings. The monoisotopic (exact) mass is 348 g/mol. The molecule has 0 saturated heterocycles. The molecule has 0 heterocycles. The molecule has 134 valence electrons. The van der Waals surface area contributed by atoms with Crippen molar-refractivity contribution in [3.8, 4) is 0 Å². The summed E-state index contributed by atoms with van der Waals surface area (Å²) in [5.41, 5.74) is 1.13. The smallest absolute Gasteiger partial charge is 0.338 e. The van der Waals surface area contributed by atoms with Crippen molar-refractivity contribution in [1.82, 2.24) is 0 Å². The lowest BCUT2D eigenvalue weighted by Crippen LogP contribution is -2.42. The van der Waals surface area contributed by atoms with Gasteiger partial charge in [0.25, 0.3) is 0 Å². The molecule has 0 aliphatic heterocycles. The van der Waals surface area contributed by atoms with E-state index in [0.717, 1.165) is 5.56 Å². The highest BCUT2D eigenvalue weighted by atomic mass is 19.1. The highest BCUT2D eigenvalue weighted by molar-refractivity contribution is 5.89. The maximum absolute atomic E-state index is 13.9. The molecule has 0 amide bonds. The van der Waals surface area contributed by atoms with Crippen molar-refractivity contribution < 1.29 is 28.9 Å². The normalized spacial score (nSPS) is 14.5. The number of benzene rings is 2. The van der Waals surface area contributed by atoms with Gasteiger partial charge < -0.3 is 19.7 Å². The zero-order valence-electron chi connectivity index (χ0n) is 13.6. The minimum atomic E-state index is -1.80. The lowest BCUT2D eigenvalue weighted by molar-refractivity contribution is -0.109. The van der Waals surface area contributed by atoms with Crippen molar-refractivity contribution in [3.05, 3.63) is 71.8 Å². The zero-order valence-corrected chi connectivity index (χ0v) is 13.6. The predicted molar refractivity (Wildman–Crippen MR) is 89.7 cm³/mol. The minimum Gasteiger partial charge on any atom is -0.459 e. The van der Waals surface area contributed by atoms with Gasteiger partial charge >= 0.3 is 5.97 Å². The second-order valence-corrected chi connectivity index (χ2v) is 5.49. The first-order valence-corrected chi connectivity index (χ1v) is 7.92. The Labute approximate surface area is 145 Å². The molecule has 0 bridgehead atoms. The SMILES string of the molecule is O=C(OC[C@@H](O)[C@@H](OCc1ccccc1)[C@@H](F)CO)c1ccccc1. The number of halogens is 1. The van der Waals surface area contributed by atoms with Crippen LogP contribution in [-0.4, -0.2) is 47.8 Å². The standard InChI is InChI=1S/C19H21FO5/c20-16(11-21)18(24-12-14-7-3-1-4-8-14)17(22)13-25-19(23)15-9-5-2-6-10-15/h1-10,16-18,21-22H,11-13H2/t16-,17+,18-/m0/s1. The van der Waals surface area contributed by atoms with Crippen LogP contribution in [-0.2, 0) is 16.1 Å². The van der Waals surface area contributed by atoms with Crippen LogP contribution in [0.25, 0.3) is 0 Å². The number of carbonyl (C=O) groups is 1. The van der Waals surface area contributed by atoms with Crippen LogP contribution in [0.3, 0.4) is 0 Å². The fourth-order valence-corrected chi connectivity index (χ4v) is 2.24. The Balaban J connectivity index is 1.91. The van der Waals surface area contributed by atoms with Crippen LogP contribution in [0.5, 0.6) is 0 Å². The summed E-state index contributed by atoms with van der Waals surface area (Å²) < 4.78 is 24.3. The summed E-state index contributed by atoms with van der Waals surface area (Å²) in [5, 5.41) is 19.2. The zero-order chi connectivity index (χ0) is 18.1. The van der Waals surface area contributed by atoms with Crippen LogP contribution in [0.4, 0.5) is 4.39 Å². The van der Waals surface area contributed by atoms with Gasteiger partial charge in [0.05, 0.1) is 18.8 Å². The Morgan fingerprint density at radius 3 is 2.24 bits per heavy atom. The molecule has 5 nitrogen and oxygen atoms in total. The van der Waals surface area contributed by atoms with Gasteiger partial charge in [0, 0.05) is 0 Å². The van der Waals surface area contributed by atoms with Crippen molar-refractivity contribution in [2.45, 2.75) is 25.0 Å². The van der Waals surface area contributed by atoms with Crippen LogP contribution in [0.1, 0.15) is 15.9 Å². The molecule has 0 aliphatic rings. The maximum Gasteiger partial charge on any atom is 0.338 e. The molecule has 2 rings (SSSR count). The summed E-state index contributed by atoms with van der Waals surface area (Å²) >= 11 is 0. The number of alkyl halides is 1. The fraction of sp³-hybridized carbons (Fsp3) is 0.316. The maximum atomic E-state index is 13.9. The summed E-state index contributed by atoms with van der Waals surface area (Å²) in [6, 6.07) is 17.3. The molecule has 25 heavy (non-hydrogen) atoms. The Morgan fingerprint density at radius 2 is 1.64 bits per heavy atom. The molecule has 0 aromatic heterocycles. The molecule has 2 aromatic carbocycles. The van der Waals surface area contributed by atoms with Crippen LogP contribution >= 0.6 is 0 Å². The van der Waals surface area contributed by atoms with Gasteiger partial charge in [-0.3, -0.25) is 0 Å². The summed E-state index contributed by atoms with van der Waals surface area (Å²) in [4.78, 5) is 11.9. The molecule has 2 N–H and O–H groups in total. The van der Waals surface area contributed by atoms with E-state index in [1.54, 1.807) is 42.5 Å². The van der Waals surface area contributed by atoms with Crippen molar-refractivity contribution >= 4 is 5.97 Å². The summed E-state index contributed by atoms with van der Waals surface area (Å²) in [6.45, 7) is -1.17. The molecule has 0 unspecified atom stereocenters. The van der Waals surface area contributed by atoms with E-state index in [2.05, 4.69) is 0 Å². The van der Waals surface area contributed by atoms with Crippen molar-refractivity contribution in [1.29, 1.82) is 0 Å². The molecule has 6 heteroatoms. The van der Waals surface area contributed by atoms with Gasteiger partial charge in [-0.25, -0.2) is 9.18 Å². The van der Waals surface area contributed by atoms with Crippen molar-refractivity contribution in [2.75, 3.05) is 13.2 Å². The number of carbonyl (C=O) groups excluding carboxylic acids is 1. The van der Waals surface area contributed by atoms with Gasteiger partial charge in [-0.1, -0.05) is 48.5 Å². The van der Waals surface area contributed by atoms with Crippen LogP contribution in [0, 0.1) is 0 Å². The third kappa shape index (κ3) is 5.94.